The summed E-state index contributed by atoms with van der Waals surface area (Å²) in [6, 6.07) is 14.9. The van der Waals surface area contributed by atoms with Gasteiger partial charge in [0.1, 0.15) is 18.3 Å². The minimum atomic E-state index is -0.310. The zero-order chi connectivity index (χ0) is 16.5. The van der Waals surface area contributed by atoms with E-state index in [1.54, 1.807) is 6.92 Å². The molecule has 6 nitrogen and oxygen atoms in total. The lowest BCUT2D eigenvalue weighted by atomic mass is 10.0. The Hall–Kier alpha value is -3.15. The van der Waals surface area contributed by atoms with E-state index in [4.69, 9.17) is 9.15 Å². The molecule has 0 aliphatic carbocycles. The van der Waals surface area contributed by atoms with Crippen LogP contribution in [0.4, 0.5) is 5.69 Å². The second-order valence-electron chi connectivity index (χ2n) is 5.60. The third-order valence-corrected chi connectivity index (χ3v) is 3.92. The van der Waals surface area contributed by atoms with E-state index in [0.29, 0.717) is 24.1 Å². The number of rotatable bonds is 3. The molecule has 0 bridgehead atoms. The number of ether oxygens (including phenoxy) is 1. The Balaban J connectivity index is 1.55. The monoisotopic (exact) mass is 321 g/mol. The van der Waals surface area contributed by atoms with E-state index >= 15 is 0 Å². The first-order chi connectivity index (χ1) is 11.7. The molecule has 1 aliphatic rings. The Labute approximate surface area is 138 Å². The third kappa shape index (κ3) is 2.62. The highest BCUT2D eigenvalue weighted by molar-refractivity contribution is 5.97. The van der Waals surface area contributed by atoms with Crippen molar-refractivity contribution in [1.29, 1.82) is 0 Å². The Morgan fingerprint density at radius 2 is 2.04 bits per heavy atom. The molecule has 0 saturated heterocycles. The lowest BCUT2D eigenvalue weighted by Crippen LogP contribution is -2.22. The molecular formula is C18H15N3O3. The van der Waals surface area contributed by atoms with Crippen LogP contribution in [0.2, 0.25) is 0 Å². The van der Waals surface area contributed by atoms with Crippen LogP contribution in [0.25, 0.3) is 11.5 Å². The molecule has 120 valence electrons. The summed E-state index contributed by atoms with van der Waals surface area (Å²) in [6.07, 6.45) is 0. The highest BCUT2D eigenvalue weighted by Crippen LogP contribution is 2.34. The first-order valence-corrected chi connectivity index (χ1v) is 7.64. The molecule has 0 fully saturated rings. The lowest BCUT2D eigenvalue weighted by molar-refractivity contribution is -0.117. The van der Waals surface area contributed by atoms with Crippen molar-refractivity contribution in [2.24, 2.45) is 0 Å². The summed E-state index contributed by atoms with van der Waals surface area (Å²) < 4.78 is 11.0. The van der Waals surface area contributed by atoms with Gasteiger partial charge >= 0.3 is 0 Å². The van der Waals surface area contributed by atoms with Gasteiger partial charge in [0.2, 0.25) is 17.7 Å². The van der Waals surface area contributed by atoms with Crippen molar-refractivity contribution in [3.63, 3.8) is 0 Å². The fourth-order valence-electron chi connectivity index (χ4n) is 2.75. The largest absolute Gasteiger partial charge is 0.492 e. The molecule has 24 heavy (non-hydrogen) atoms. The zero-order valence-corrected chi connectivity index (χ0v) is 13.0. The molecule has 1 aromatic heterocycles. The predicted molar refractivity (Wildman–Crippen MR) is 87.8 cm³/mol. The van der Waals surface area contributed by atoms with Crippen LogP contribution in [0.5, 0.6) is 5.75 Å². The summed E-state index contributed by atoms with van der Waals surface area (Å²) in [5.74, 6) is 1.29. The van der Waals surface area contributed by atoms with E-state index in [9.17, 15) is 4.79 Å². The molecule has 0 spiro atoms. The average Bonchev–Trinajstić information content (AvgIpc) is 3.21. The fraction of sp³-hybridized carbons (Fsp3) is 0.167. The van der Waals surface area contributed by atoms with Crippen molar-refractivity contribution in [2.45, 2.75) is 12.8 Å². The van der Waals surface area contributed by atoms with E-state index < -0.39 is 0 Å². The molecule has 2 aromatic carbocycles. The summed E-state index contributed by atoms with van der Waals surface area (Å²) in [4.78, 5) is 12.6. The summed E-state index contributed by atoms with van der Waals surface area (Å²) in [5.41, 5.74) is 2.35. The van der Waals surface area contributed by atoms with E-state index in [-0.39, 0.29) is 11.8 Å². The quantitative estimate of drug-likeness (QED) is 0.802. The molecule has 6 heteroatoms. The van der Waals surface area contributed by atoms with Crippen LogP contribution < -0.4 is 10.1 Å². The maximum Gasteiger partial charge on any atom is 0.247 e. The summed E-state index contributed by atoms with van der Waals surface area (Å²) >= 11 is 0. The van der Waals surface area contributed by atoms with Crippen molar-refractivity contribution in [1.82, 2.24) is 10.2 Å². The van der Waals surface area contributed by atoms with Crippen LogP contribution in [-0.2, 0) is 4.79 Å². The summed E-state index contributed by atoms with van der Waals surface area (Å²) in [6.45, 7) is 2.09. The minimum absolute atomic E-state index is 0.0983. The minimum Gasteiger partial charge on any atom is -0.492 e. The number of hydrogen-bond acceptors (Lipinski definition) is 5. The lowest BCUT2D eigenvalue weighted by Gasteiger charge is -2.10. The number of nitrogens with one attached hydrogen (secondary N) is 1. The second-order valence-corrected chi connectivity index (χ2v) is 5.60. The van der Waals surface area contributed by atoms with Crippen molar-refractivity contribution >= 4 is 11.6 Å². The van der Waals surface area contributed by atoms with Gasteiger partial charge in [0, 0.05) is 23.7 Å². The van der Waals surface area contributed by atoms with Gasteiger partial charge in [-0.1, -0.05) is 24.3 Å². The second kappa shape index (κ2) is 5.81. The zero-order valence-electron chi connectivity index (χ0n) is 13.0. The Morgan fingerprint density at radius 3 is 2.88 bits per heavy atom. The van der Waals surface area contributed by atoms with Gasteiger partial charge < -0.3 is 14.5 Å². The molecule has 2 heterocycles. The van der Waals surface area contributed by atoms with E-state index in [1.807, 2.05) is 48.5 Å². The first kappa shape index (κ1) is 14.4. The SMILES string of the molecule is Cc1nnc(-c2cccc(NC(=O)C3COc4ccccc43)c2)o1. The van der Waals surface area contributed by atoms with Gasteiger partial charge in [-0.15, -0.1) is 10.2 Å². The van der Waals surface area contributed by atoms with Gasteiger partial charge in [-0.2, -0.15) is 0 Å². The highest BCUT2D eigenvalue weighted by atomic mass is 16.5. The van der Waals surface area contributed by atoms with E-state index in [2.05, 4.69) is 15.5 Å². The molecule has 1 amide bonds. The smallest absolute Gasteiger partial charge is 0.247 e. The molecule has 0 radical (unpaired) electrons. The maximum absolute atomic E-state index is 12.6. The van der Waals surface area contributed by atoms with E-state index in [0.717, 1.165) is 16.9 Å². The topological polar surface area (TPSA) is 77.2 Å². The van der Waals surface area contributed by atoms with E-state index in [1.165, 1.54) is 0 Å². The molecule has 3 aromatic rings. The third-order valence-electron chi connectivity index (χ3n) is 3.92. The Bertz CT molecular complexity index is 904. The first-order valence-electron chi connectivity index (χ1n) is 7.64. The number of anilines is 1. The van der Waals surface area contributed by atoms with Gasteiger partial charge in [-0.3, -0.25) is 4.79 Å². The molecule has 1 N–H and O–H groups in total. The van der Waals surface area contributed by atoms with Crippen LogP contribution in [0.3, 0.4) is 0 Å². The van der Waals surface area contributed by atoms with Crippen molar-refractivity contribution in [2.75, 3.05) is 11.9 Å². The van der Waals surface area contributed by atoms with Crippen LogP contribution in [0, 0.1) is 6.92 Å². The number of fused-ring (bicyclic) bond motifs is 1. The number of carbonyl (C=O) groups excluding carboxylic acids is 1. The number of para-hydroxylation sites is 1. The van der Waals surface area contributed by atoms with Gasteiger partial charge in [-0.25, -0.2) is 0 Å². The van der Waals surface area contributed by atoms with Crippen LogP contribution in [-0.4, -0.2) is 22.7 Å². The number of aromatic nitrogens is 2. The maximum atomic E-state index is 12.6. The Morgan fingerprint density at radius 1 is 1.17 bits per heavy atom. The standard InChI is InChI=1S/C18H15N3O3/c1-11-20-21-18(24-11)12-5-4-6-13(9-12)19-17(22)15-10-23-16-8-3-2-7-14(15)16/h2-9,15H,10H2,1H3,(H,19,22). The fourth-order valence-corrected chi connectivity index (χ4v) is 2.75. The van der Waals surface area contributed by atoms with Gasteiger partial charge in [0.25, 0.3) is 0 Å². The average molecular weight is 321 g/mol. The van der Waals surface area contributed by atoms with Crippen LogP contribution in [0.1, 0.15) is 17.4 Å². The van der Waals surface area contributed by atoms with Crippen LogP contribution >= 0.6 is 0 Å². The number of aryl methyl sites for hydroxylation is 1. The number of benzene rings is 2. The molecule has 1 unspecified atom stereocenters. The normalized spacial score (nSPS) is 15.6. The predicted octanol–water partition coefficient (Wildman–Crippen LogP) is 3.16. The summed E-state index contributed by atoms with van der Waals surface area (Å²) in [5, 5.41) is 10.7. The van der Waals surface area contributed by atoms with Gasteiger partial charge in [-0.05, 0) is 24.3 Å². The molecular weight excluding hydrogens is 306 g/mol. The van der Waals surface area contributed by atoms with Crippen LogP contribution in [0.15, 0.2) is 52.9 Å². The van der Waals surface area contributed by atoms with Gasteiger partial charge in [0.05, 0.1) is 0 Å². The van der Waals surface area contributed by atoms with Crippen molar-refractivity contribution in [3.8, 4) is 17.2 Å². The molecule has 1 aliphatic heterocycles. The number of hydrogen-bond donors (Lipinski definition) is 1. The highest BCUT2D eigenvalue weighted by Gasteiger charge is 2.30. The van der Waals surface area contributed by atoms with Gasteiger partial charge in [0.15, 0.2) is 0 Å². The number of amides is 1. The summed E-state index contributed by atoms with van der Waals surface area (Å²) in [7, 11) is 0. The van der Waals surface area contributed by atoms with Crippen molar-refractivity contribution in [3.05, 3.63) is 60.0 Å². The number of nitrogens with zero attached hydrogens (tertiary/aromatic N) is 2. The molecule has 4 rings (SSSR count). The van der Waals surface area contributed by atoms with Crippen molar-refractivity contribution < 1.29 is 13.9 Å². The Kier molecular flexibility index (Phi) is 3.49. The molecule has 1 atom stereocenters. The molecule has 0 saturated carbocycles. The number of carbonyl (C=O) groups is 1.